The third-order valence-electron chi connectivity index (χ3n) is 2.38. The maximum atomic E-state index is 13.0. The van der Waals surface area contributed by atoms with Crippen LogP contribution >= 0.6 is 27.5 Å². The minimum Gasteiger partial charge on any atom is -0.453 e. The molecule has 17 heavy (non-hydrogen) atoms. The van der Waals surface area contributed by atoms with Crippen LogP contribution in [0.15, 0.2) is 34.9 Å². The first kappa shape index (κ1) is 12.6. The summed E-state index contributed by atoms with van der Waals surface area (Å²) in [7, 11) is 0. The fourth-order valence-corrected chi connectivity index (χ4v) is 2.62. The summed E-state index contributed by atoms with van der Waals surface area (Å²) in [5.74, 6) is -1.69. The van der Waals surface area contributed by atoms with Crippen LogP contribution in [0.1, 0.15) is 16.0 Å². The van der Waals surface area contributed by atoms with E-state index in [0.29, 0.717) is 17.2 Å². The van der Waals surface area contributed by atoms with E-state index in [9.17, 15) is 8.78 Å². The standard InChI is InChI=1S/C12H8BrClF2O/c13-9(8-3-4-17-12(8)14)5-7-1-2-10(15)11(16)6-7/h1-4,6,9H,5H2. The van der Waals surface area contributed by atoms with Gasteiger partial charge < -0.3 is 4.42 Å². The van der Waals surface area contributed by atoms with Crippen molar-refractivity contribution in [3.63, 3.8) is 0 Å². The van der Waals surface area contributed by atoms with E-state index in [1.807, 2.05) is 0 Å². The van der Waals surface area contributed by atoms with Crippen LogP contribution < -0.4 is 0 Å². The van der Waals surface area contributed by atoms with Crippen LogP contribution in [0.25, 0.3) is 0 Å². The van der Waals surface area contributed by atoms with Crippen LogP contribution in [0, 0.1) is 11.6 Å². The molecule has 1 atom stereocenters. The Morgan fingerprint density at radius 3 is 2.59 bits per heavy atom. The molecule has 0 radical (unpaired) electrons. The number of rotatable bonds is 3. The minimum atomic E-state index is -0.847. The molecule has 2 rings (SSSR count). The Bertz CT molecular complexity index is 527. The molecule has 1 nitrogen and oxygen atoms in total. The van der Waals surface area contributed by atoms with Gasteiger partial charge in [-0.25, -0.2) is 8.78 Å². The van der Waals surface area contributed by atoms with Crippen LogP contribution in [-0.4, -0.2) is 0 Å². The van der Waals surface area contributed by atoms with Crippen molar-refractivity contribution in [3.05, 3.63) is 58.5 Å². The minimum absolute atomic E-state index is 0.0985. The summed E-state index contributed by atoms with van der Waals surface area (Å²) >= 11 is 9.26. The van der Waals surface area contributed by atoms with E-state index in [0.717, 1.165) is 11.6 Å². The molecule has 0 aliphatic heterocycles. The predicted molar refractivity (Wildman–Crippen MR) is 65.4 cm³/mol. The fraction of sp³-hybridized carbons (Fsp3) is 0.167. The molecule has 0 bridgehead atoms. The second-order valence-electron chi connectivity index (χ2n) is 3.57. The normalized spacial score (nSPS) is 12.7. The molecule has 90 valence electrons. The Morgan fingerprint density at radius 2 is 2.00 bits per heavy atom. The Kier molecular flexibility index (Phi) is 3.84. The first-order valence-electron chi connectivity index (χ1n) is 4.89. The lowest BCUT2D eigenvalue weighted by molar-refractivity contribution is 0.507. The summed E-state index contributed by atoms with van der Waals surface area (Å²) in [6.07, 6.45) is 1.98. The van der Waals surface area contributed by atoms with Gasteiger partial charge in [0.15, 0.2) is 16.9 Å². The van der Waals surface area contributed by atoms with Crippen molar-refractivity contribution in [1.82, 2.24) is 0 Å². The molecule has 0 fully saturated rings. The average molecular weight is 322 g/mol. The van der Waals surface area contributed by atoms with E-state index in [1.165, 1.54) is 12.3 Å². The van der Waals surface area contributed by atoms with Crippen molar-refractivity contribution >= 4 is 27.5 Å². The van der Waals surface area contributed by atoms with Crippen LogP contribution in [0.3, 0.4) is 0 Å². The Hall–Kier alpha value is -0.870. The second kappa shape index (κ2) is 5.19. The highest BCUT2D eigenvalue weighted by atomic mass is 79.9. The zero-order valence-electron chi connectivity index (χ0n) is 8.59. The second-order valence-corrected chi connectivity index (χ2v) is 5.02. The third kappa shape index (κ3) is 2.87. The Balaban J connectivity index is 2.16. The highest BCUT2D eigenvalue weighted by Gasteiger charge is 2.15. The zero-order valence-corrected chi connectivity index (χ0v) is 10.9. The van der Waals surface area contributed by atoms with E-state index in [-0.39, 0.29) is 4.83 Å². The number of halogens is 4. The quantitative estimate of drug-likeness (QED) is 0.734. The molecule has 0 saturated carbocycles. The van der Waals surface area contributed by atoms with E-state index in [2.05, 4.69) is 15.9 Å². The summed E-state index contributed by atoms with van der Waals surface area (Å²) in [4.78, 5) is -0.0985. The lowest BCUT2D eigenvalue weighted by atomic mass is 10.1. The summed E-state index contributed by atoms with van der Waals surface area (Å²) in [5, 5.41) is 0.300. The smallest absolute Gasteiger partial charge is 0.197 e. The molecule has 1 unspecified atom stereocenters. The lowest BCUT2D eigenvalue weighted by Gasteiger charge is -2.08. The first-order valence-corrected chi connectivity index (χ1v) is 6.18. The Labute approximate surface area is 111 Å². The molecule has 5 heteroatoms. The average Bonchev–Trinajstić information content (AvgIpc) is 2.70. The zero-order chi connectivity index (χ0) is 12.4. The fourth-order valence-electron chi connectivity index (χ4n) is 1.51. The molecule has 0 aliphatic carbocycles. The highest BCUT2D eigenvalue weighted by molar-refractivity contribution is 9.09. The van der Waals surface area contributed by atoms with Crippen molar-refractivity contribution in [2.45, 2.75) is 11.2 Å². The van der Waals surface area contributed by atoms with Crippen molar-refractivity contribution in [1.29, 1.82) is 0 Å². The van der Waals surface area contributed by atoms with Crippen LogP contribution in [0.5, 0.6) is 0 Å². The van der Waals surface area contributed by atoms with Gasteiger partial charge in [-0.2, -0.15) is 0 Å². The van der Waals surface area contributed by atoms with Gasteiger partial charge in [0.05, 0.1) is 6.26 Å². The molecule has 0 spiro atoms. The summed E-state index contributed by atoms with van der Waals surface area (Å²) in [6, 6.07) is 5.57. The van der Waals surface area contributed by atoms with E-state index in [1.54, 1.807) is 12.1 Å². The number of alkyl halides is 1. The predicted octanol–water partition coefficient (Wildman–Crippen LogP) is 4.89. The van der Waals surface area contributed by atoms with Crippen molar-refractivity contribution in [2.24, 2.45) is 0 Å². The maximum Gasteiger partial charge on any atom is 0.197 e. The van der Waals surface area contributed by atoms with Crippen molar-refractivity contribution in [3.8, 4) is 0 Å². The van der Waals surface area contributed by atoms with E-state index in [4.69, 9.17) is 16.0 Å². The van der Waals surface area contributed by atoms with Gasteiger partial charge in [-0.1, -0.05) is 22.0 Å². The van der Waals surface area contributed by atoms with E-state index < -0.39 is 11.6 Å². The third-order valence-corrected chi connectivity index (χ3v) is 3.51. The van der Waals surface area contributed by atoms with Gasteiger partial charge in [-0.15, -0.1) is 0 Å². The highest BCUT2D eigenvalue weighted by Crippen LogP contribution is 2.33. The number of hydrogen-bond donors (Lipinski definition) is 0. The molecule has 1 heterocycles. The van der Waals surface area contributed by atoms with Crippen LogP contribution in [-0.2, 0) is 6.42 Å². The van der Waals surface area contributed by atoms with Gasteiger partial charge in [0.1, 0.15) is 0 Å². The number of furan rings is 1. The number of hydrogen-bond acceptors (Lipinski definition) is 1. The molecule has 0 aliphatic rings. The molecular weight excluding hydrogens is 313 g/mol. The molecular formula is C12H8BrClF2O. The summed E-state index contributed by atoms with van der Waals surface area (Å²) in [5.41, 5.74) is 1.47. The molecule has 1 aromatic heterocycles. The topological polar surface area (TPSA) is 13.1 Å². The summed E-state index contributed by atoms with van der Waals surface area (Å²) in [6.45, 7) is 0. The molecule has 0 N–H and O–H groups in total. The van der Waals surface area contributed by atoms with Gasteiger partial charge in [-0.05, 0) is 41.8 Å². The molecule has 1 aromatic carbocycles. The molecule has 2 aromatic rings. The van der Waals surface area contributed by atoms with Crippen molar-refractivity contribution < 1.29 is 13.2 Å². The van der Waals surface area contributed by atoms with Crippen LogP contribution in [0.4, 0.5) is 8.78 Å². The SMILES string of the molecule is Fc1ccc(CC(Br)c2ccoc2Cl)cc1F. The maximum absolute atomic E-state index is 13.0. The first-order chi connectivity index (χ1) is 8.08. The number of benzene rings is 1. The van der Waals surface area contributed by atoms with E-state index >= 15 is 0 Å². The summed E-state index contributed by atoms with van der Waals surface area (Å²) < 4.78 is 30.7. The largest absolute Gasteiger partial charge is 0.453 e. The Morgan fingerprint density at radius 1 is 1.24 bits per heavy atom. The van der Waals surface area contributed by atoms with Gasteiger partial charge >= 0.3 is 0 Å². The molecule has 0 amide bonds. The molecule has 0 saturated heterocycles. The van der Waals surface area contributed by atoms with Gasteiger partial charge in [0.2, 0.25) is 0 Å². The van der Waals surface area contributed by atoms with Gasteiger partial charge in [-0.3, -0.25) is 0 Å². The monoisotopic (exact) mass is 320 g/mol. The van der Waals surface area contributed by atoms with Gasteiger partial charge in [0, 0.05) is 10.4 Å². The lowest BCUT2D eigenvalue weighted by Crippen LogP contribution is -1.96. The van der Waals surface area contributed by atoms with Gasteiger partial charge in [0.25, 0.3) is 0 Å². The van der Waals surface area contributed by atoms with Crippen LogP contribution in [0.2, 0.25) is 5.22 Å². The van der Waals surface area contributed by atoms with Crippen molar-refractivity contribution in [2.75, 3.05) is 0 Å².